The number of ether oxygens (including phenoxy) is 4. The minimum Gasteiger partial charge on any atom is -0.486 e. The number of hydrogen-bond donors (Lipinski definition) is 3. The van der Waals surface area contributed by atoms with Crippen molar-refractivity contribution in [3.63, 3.8) is 0 Å². The topological polar surface area (TPSA) is 99.6 Å². The summed E-state index contributed by atoms with van der Waals surface area (Å²) in [6.45, 7) is 4.07. The summed E-state index contributed by atoms with van der Waals surface area (Å²) in [5, 5.41) is 5.69. The highest BCUT2D eigenvalue weighted by Crippen LogP contribution is 2.34. The van der Waals surface area contributed by atoms with Crippen LogP contribution in [0.3, 0.4) is 0 Å². The fourth-order valence-electron chi connectivity index (χ4n) is 3.27. The molecule has 30 heavy (non-hydrogen) atoms. The monoisotopic (exact) mass is 414 g/mol. The Kier molecular flexibility index (Phi) is 5.89. The molecular weight excluding hydrogens is 390 g/mol. The van der Waals surface area contributed by atoms with Crippen molar-refractivity contribution in [2.45, 2.75) is 6.92 Å². The molecule has 9 heteroatoms. The van der Waals surface area contributed by atoms with Crippen LogP contribution in [0, 0.1) is 0 Å². The lowest BCUT2D eigenvalue weighted by Gasteiger charge is -2.20. The summed E-state index contributed by atoms with van der Waals surface area (Å²) >= 11 is 0. The van der Waals surface area contributed by atoms with E-state index in [2.05, 4.69) is 10.6 Å². The maximum absolute atomic E-state index is 12.5. The van der Waals surface area contributed by atoms with E-state index in [0.29, 0.717) is 54.1 Å². The summed E-state index contributed by atoms with van der Waals surface area (Å²) in [6.07, 6.45) is 0. The van der Waals surface area contributed by atoms with E-state index in [1.165, 1.54) is 0 Å². The molecule has 1 atom stereocenters. The van der Waals surface area contributed by atoms with Gasteiger partial charge in [0.25, 0.3) is 11.8 Å². The third-order valence-corrected chi connectivity index (χ3v) is 4.80. The molecule has 0 saturated heterocycles. The van der Waals surface area contributed by atoms with Gasteiger partial charge in [-0.05, 0) is 31.2 Å². The van der Waals surface area contributed by atoms with E-state index in [9.17, 15) is 9.59 Å². The molecule has 0 aliphatic carbocycles. The van der Waals surface area contributed by atoms with Gasteiger partial charge in [-0.3, -0.25) is 9.59 Å². The zero-order chi connectivity index (χ0) is 20.9. The molecule has 2 aliphatic heterocycles. The van der Waals surface area contributed by atoms with Crippen molar-refractivity contribution in [1.82, 2.24) is 0 Å². The van der Waals surface area contributed by atoms with Crippen molar-refractivity contribution in [3.05, 3.63) is 36.4 Å². The number of quaternary nitrogens is 1. The SMILES string of the molecule is CC[NH+](CC(=O)Nc1ccc2c(c1)OCCO2)CC(=O)Nc1ccc2c(c1)OCO2. The molecule has 4 rings (SSSR count). The van der Waals surface area contributed by atoms with Crippen molar-refractivity contribution in [2.24, 2.45) is 0 Å². The second kappa shape index (κ2) is 8.91. The second-order valence-electron chi connectivity index (χ2n) is 6.98. The van der Waals surface area contributed by atoms with Crippen molar-refractivity contribution >= 4 is 23.2 Å². The molecule has 0 fully saturated rings. The van der Waals surface area contributed by atoms with Crippen molar-refractivity contribution in [2.75, 3.05) is 50.3 Å². The molecule has 0 aromatic heterocycles. The van der Waals surface area contributed by atoms with Crippen molar-refractivity contribution in [1.29, 1.82) is 0 Å². The number of nitrogens with one attached hydrogen (secondary N) is 3. The fourth-order valence-corrected chi connectivity index (χ4v) is 3.27. The van der Waals surface area contributed by atoms with Crippen LogP contribution in [0.5, 0.6) is 23.0 Å². The summed E-state index contributed by atoms with van der Waals surface area (Å²) in [4.78, 5) is 25.7. The number of carbonyl (C=O) groups is 2. The van der Waals surface area contributed by atoms with Gasteiger partial charge in [-0.25, -0.2) is 0 Å². The van der Waals surface area contributed by atoms with Gasteiger partial charge >= 0.3 is 0 Å². The molecule has 158 valence electrons. The molecule has 9 nitrogen and oxygen atoms in total. The number of fused-ring (bicyclic) bond motifs is 2. The first kappa shape index (κ1) is 19.8. The fraction of sp³-hybridized carbons (Fsp3) is 0.333. The Morgan fingerprint density at radius 1 is 0.800 bits per heavy atom. The molecule has 3 N–H and O–H groups in total. The lowest BCUT2D eigenvalue weighted by atomic mass is 10.2. The summed E-state index contributed by atoms with van der Waals surface area (Å²) in [7, 11) is 0. The third-order valence-electron chi connectivity index (χ3n) is 4.80. The molecule has 0 bridgehead atoms. The molecule has 2 aromatic rings. The number of benzene rings is 2. The van der Waals surface area contributed by atoms with Gasteiger partial charge in [0.15, 0.2) is 36.1 Å². The van der Waals surface area contributed by atoms with E-state index in [-0.39, 0.29) is 31.7 Å². The molecular formula is C21H24N3O6+. The van der Waals surface area contributed by atoms with Crippen LogP contribution in [-0.2, 0) is 9.59 Å². The van der Waals surface area contributed by atoms with Crippen LogP contribution >= 0.6 is 0 Å². The van der Waals surface area contributed by atoms with Crippen LogP contribution in [-0.4, -0.2) is 51.5 Å². The molecule has 2 aromatic carbocycles. The van der Waals surface area contributed by atoms with Gasteiger partial charge in [-0.2, -0.15) is 0 Å². The molecule has 2 aliphatic rings. The summed E-state index contributed by atoms with van der Waals surface area (Å²) < 4.78 is 21.6. The number of anilines is 2. The van der Waals surface area contributed by atoms with Crippen molar-refractivity contribution < 1.29 is 33.4 Å². The lowest BCUT2D eigenvalue weighted by molar-refractivity contribution is -0.881. The van der Waals surface area contributed by atoms with Crippen LogP contribution in [0.2, 0.25) is 0 Å². The lowest BCUT2D eigenvalue weighted by Crippen LogP contribution is -3.13. The van der Waals surface area contributed by atoms with E-state index in [1.807, 2.05) is 6.92 Å². The van der Waals surface area contributed by atoms with Gasteiger partial charge in [-0.15, -0.1) is 0 Å². The normalized spacial score (nSPS) is 14.7. The molecule has 0 spiro atoms. The molecule has 1 unspecified atom stereocenters. The van der Waals surface area contributed by atoms with Crippen LogP contribution in [0.1, 0.15) is 6.92 Å². The predicted octanol–water partition coefficient (Wildman–Crippen LogP) is 0.668. The van der Waals surface area contributed by atoms with Gasteiger partial charge in [0.2, 0.25) is 6.79 Å². The Morgan fingerprint density at radius 2 is 1.30 bits per heavy atom. The van der Waals surface area contributed by atoms with Crippen molar-refractivity contribution in [3.8, 4) is 23.0 Å². The Bertz CT molecular complexity index is 948. The predicted molar refractivity (Wildman–Crippen MR) is 108 cm³/mol. The van der Waals surface area contributed by atoms with Gasteiger partial charge in [0, 0.05) is 23.5 Å². The summed E-state index contributed by atoms with van der Waals surface area (Å²) in [5.74, 6) is 2.18. The quantitative estimate of drug-likeness (QED) is 0.616. The first-order chi connectivity index (χ1) is 14.6. The highest BCUT2D eigenvalue weighted by Gasteiger charge is 2.19. The zero-order valence-corrected chi connectivity index (χ0v) is 16.7. The minimum atomic E-state index is -0.183. The Balaban J connectivity index is 1.29. The van der Waals surface area contributed by atoms with Crippen LogP contribution in [0.15, 0.2) is 36.4 Å². The van der Waals surface area contributed by atoms with Crippen LogP contribution in [0.4, 0.5) is 11.4 Å². The molecule has 0 saturated carbocycles. The number of hydrogen-bond acceptors (Lipinski definition) is 6. The maximum atomic E-state index is 12.5. The Hall–Kier alpha value is -3.46. The molecule has 2 heterocycles. The standard InChI is InChI=1S/C21H23N3O6/c1-2-24(12-21(26)23-15-4-6-17-19(10-15)30-13-29-17)11-20(25)22-14-3-5-16-18(9-14)28-8-7-27-16/h3-6,9-10H,2,7-8,11-13H2,1H3,(H,22,25)(H,23,26)/p+1. The van der Waals surface area contributed by atoms with E-state index in [0.717, 1.165) is 4.90 Å². The number of amides is 2. The highest BCUT2D eigenvalue weighted by atomic mass is 16.7. The highest BCUT2D eigenvalue weighted by molar-refractivity contribution is 5.93. The van der Waals surface area contributed by atoms with Gasteiger partial charge in [-0.1, -0.05) is 0 Å². The minimum absolute atomic E-state index is 0.166. The third kappa shape index (κ3) is 4.74. The average molecular weight is 414 g/mol. The van der Waals surface area contributed by atoms with E-state index >= 15 is 0 Å². The Labute approximate surface area is 173 Å². The summed E-state index contributed by atoms with van der Waals surface area (Å²) in [5.41, 5.74) is 1.25. The average Bonchev–Trinajstić information content (AvgIpc) is 3.21. The van der Waals surface area contributed by atoms with Gasteiger partial charge in [0.05, 0.1) is 6.54 Å². The van der Waals surface area contributed by atoms with E-state index < -0.39 is 0 Å². The van der Waals surface area contributed by atoms with Gasteiger partial charge < -0.3 is 34.5 Å². The zero-order valence-electron chi connectivity index (χ0n) is 16.7. The number of likely N-dealkylation sites (N-methyl/N-ethyl adjacent to an activating group) is 1. The van der Waals surface area contributed by atoms with Gasteiger partial charge in [0.1, 0.15) is 13.2 Å². The maximum Gasteiger partial charge on any atom is 0.279 e. The largest absolute Gasteiger partial charge is 0.486 e. The van der Waals surface area contributed by atoms with Crippen LogP contribution < -0.4 is 34.5 Å². The first-order valence-corrected chi connectivity index (χ1v) is 9.83. The second-order valence-corrected chi connectivity index (χ2v) is 6.98. The van der Waals surface area contributed by atoms with E-state index in [1.54, 1.807) is 36.4 Å². The molecule has 0 radical (unpaired) electrons. The molecule has 2 amide bonds. The Morgan fingerprint density at radius 3 is 1.90 bits per heavy atom. The summed E-state index contributed by atoms with van der Waals surface area (Å²) in [6, 6.07) is 10.5. The van der Waals surface area contributed by atoms with E-state index in [4.69, 9.17) is 18.9 Å². The number of rotatable bonds is 7. The number of carbonyl (C=O) groups excluding carboxylic acids is 2. The first-order valence-electron chi connectivity index (χ1n) is 9.83. The van der Waals surface area contributed by atoms with Crippen LogP contribution in [0.25, 0.3) is 0 Å². The smallest absolute Gasteiger partial charge is 0.279 e.